The minimum absolute atomic E-state index is 0.123. The molecule has 0 saturated carbocycles. The Bertz CT molecular complexity index is 780. The largest absolute Gasteiger partial charge is 0.493 e. The van der Waals surface area contributed by atoms with Gasteiger partial charge in [0.2, 0.25) is 11.5 Å². The summed E-state index contributed by atoms with van der Waals surface area (Å²) in [4.78, 5) is 15.8. The summed E-state index contributed by atoms with van der Waals surface area (Å²) in [5.41, 5.74) is 1.97. The molecule has 0 aliphatic carbocycles. The molecule has 1 N–H and O–H groups in total. The van der Waals surface area contributed by atoms with E-state index in [1.807, 2.05) is 17.5 Å². The van der Waals surface area contributed by atoms with Crippen molar-refractivity contribution < 1.29 is 19.0 Å². The maximum Gasteiger partial charge on any atom is 0.209 e. The molecule has 0 radical (unpaired) electrons. The summed E-state index contributed by atoms with van der Waals surface area (Å²) in [6, 6.07) is 7.11. The van der Waals surface area contributed by atoms with Gasteiger partial charge in [-0.05, 0) is 29.6 Å². The molecule has 3 aromatic rings. The van der Waals surface area contributed by atoms with E-state index in [-0.39, 0.29) is 5.78 Å². The molecule has 0 unspecified atom stereocenters. The molecule has 114 valence electrons. The highest BCUT2D eigenvalue weighted by Crippen LogP contribution is 2.38. The van der Waals surface area contributed by atoms with Crippen molar-refractivity contribution >= 4 is 27.3 Å². The van der Waals surface area contributed by atoms with Gasteiger partial charge < -0.3 is 19.2 Å². The van der Waals surface area contributed by atoms with Crippen LogP contribution in [0, 0.1) is 0 Å². The average Bonchev–Trinajstić information content (AvgIpc) is 3.14. The van der Waals surface area contributed by atoms with Gasteiger partial charge in [-0.3, -0.25) is 4.79 Å². The van der Waals surface area contributed by atoms with E-state index < -0.39 is 0 Å². The van der Waals surface area contributed by atoms with Gasteiger partial charge in [0.25, 0.3) is 0 Å². The average molecular weight is 317 g/mol. The molecule has 0 aliphatic rings. The number of methoxy groups -OCH3 is 3. The molecule has 2 aromatic heterocycles. The summed E-state index contributed by atoms with van der Waals surface area (Å²) >= 11 is 1.59. The number of hydrogen-bond donors (Lipinski definition) is 1. The van der Waals surface area contributed by atoms with Gasteiger partial charge in [-0.1, -0.05) is 0 Å². The zero-order valence-corrected chi connectivity index (χ0v) is 13.2. The third-order valence-electron chi connectivity index (χ3n) is 3.41. The molecule has 22 heavy (non-hydrogen) atoms. The lowest BCUT2D eigenvalue weighted by atomic mass is 10.1. The number of carbonyl (C=O) groups excluding carboxylic acids is 1. The second kappa shape index (κ2) is 5.73. The van der Waals surface area contributed by atoms with Gasteiger partial charge in [0.05, 0.1) is 37.2 Å². The lowest BCUT2D eigenvalue weighted by molar-refractivity contribution is 0.103. The highest BCUT2D eigenvalue weighted by molar-refractivity contribution is 7.17. The second-order valence-electron chi connectivity index (χ2n) is 4.62. The Morgan fingerprint density at radius 3 is 2.27 bits per heavy atom. The third-order valence-corrected chi connectivity index (χ3v) is 4.28. The first kappa shape index (κ1) is 14.5. The number of ether oxygens (including phenoxy) is 3. The van der Waals surface area contributed by atoms with E-state index in [0.29, 0.717) is 28.5 Å². The van der Waals surface area contributed by atoms with Crippen molar-refractivity contribution in [3.05, 3.63) is 40.9 Å². The molecule has 3 rings (SSSR count). The van der Waals surface area contributed by atoms with Crippen molar-refractivity contribution in [1.29, 1.82) is 0 Å². The molecule has 5 nitrogen and oxygen atoms in total. The summed E-state index contributed by atoms with van der Waals surface area (Å²) in [6.07, 6.45) is 0. The number of thiophene rings is 1. The van der Waals surface area contributed by atoms with Gasteiger partial charge in [0, 0.05) is 5.56 Å². The predicted octanol–water partition coefficient (Wildman–Crippen LogP) is 3.49. The van der Waals surface area contributed by atoms with Crippen LogP contribution in [-0.4, -0.2) is 32.1 Å². The van der Waals surface area contributed by atoms with Crippen molar-refractivity contribution in [2.75, 3.05) is 21.3 Å². The van der Waals surface area contributed by atoms with Gasteiger partial charge >= 0.3 is 0 Å². The summed E-state index contributed by atoms with van der Waals surface area (Å²) < 4.78 is 16.9. The fraction of sp³-hybridized carbons (Fsp3) is 0.188. The van der Waals surface area contributed by atoms with Crippen LogP contribution < -0.4 is 14.2 Å². The Morgan fingerprint density at radius 2 is 1.73 bits per heavy atom. The number of aromatic amines is 1. The fourth-order valence-electron chi connectivity index (χ4n) is 2.34. The van der Waals surface area contributed by atoms with Gasteiger partial charge in [-0.15, -0.1) is 11.3 Å². The minimum atomic E-state index is -0.123. The van der Waals surface area contributed by atoms with E-state index in [9.17, 15) is 4.79 Å². The molecule has 2 heterocycles. The summed E-state index contributed by atoms with van der Waals surface area (Å²) in [5.74, 6) is 1.26. The molecule has 0 fully saturated rings. The summed E-state index contributed by atoms with van der Waals surface area (Å²) in [7, 11) is 4.58. The Hall–Kier alpha value is -2.47. The predicted molar refractivity (Wildman–Crippen MR) is 85.7 cm³/mol. The third kappa shape index (κ3) is 2.31. The second-order valence-corrected chi connectivity index (χ2v) is 5.57. The molecular weight excluding hydrogens is 302 g/mol. The number of carbonyl (C=O) groups is 1. The molecule has 1 aromatic carbocycles. The van der Waals surface area contributed by atoms with Gasteiger partial charge in [-0.25, -0.2) is 0 Å². The standard InChI is InChI=1S/C16H15NO4S/c1-19-12-6-9(7-13(20-2)16(12)21-3)15(18)11-8-14-10(17-11)4-5-22-14/h4-8,17H,1-3H3. The van der Waals surface area contributed by atoms with Gasteiger partial charge in [-0.2, -0.15) is 0 Å². The fourth-order valence-corrected chi connectivity index (χ4v) is 3.12. The van der Waals surface area contributed by atoms with E-state index in [4.69, 9.17) is 14.2 Å². The van der Waals surface area contributed by atoms with E-state index in [1.54, 1.807) is 23.5 Å². The van der Waals surface area contributed by atoms with Crippen molar-refractivity contribution in [3.8, 4) is 17.2 Å². The van der Waals surface area contributed by atoms with E-state index in [0.717, 1.165) is 10.2 Å². The maximum atomic E-state index is 12.7. The summed E-state index contributed by atoms with van der Waals surface area (Å²) in [5, 5.41) is 1.98. The highest BCUT2D eigenvalue weighted by atomic mass is 32.1. The number of benzene rings is 1. The molecular formula is C16H15NO4S. The van der Waals surface area contributed by atoms with Crippen LogP contribution in [-0.2, 0) is 0 Å². The van der Waals surface area contributed by atoms with E-state index in [2.05, 4.69) is 4.98 Å². The van der Waals surface area contributed by atoms with Crippen LogP contribution in [0.2, 0.25) is 0 Å². The van der Waals surface area contributed by atoms with Crippen molar-refractivity contribution in [1.82, 2.24) is 4.98 Å². The zero-order valence-electron chi connectivity index (χ0n) is 12.4. The lowest BCUT2D eigenvalue weighted by Gasteiger charge is -2.13. The number of ketones is 1. The van der Waals surface area contributed by atoms with Crippen molar-refractivity contribution in [2.24, 2.45) is 0 Å². The molecule has 0 saturated heterocycles. The maximum absolute atomic E-state index is 12.7. The molecule has 0 amide bonds. The Labute approximate surface area is 131 Å². The lowest BCUT2D eigenvalue weighted by Crippen LogP contribution is -2.04. The zero-order chi connectivity index (χ0) is 15.7. The Balaban J connectivity index is 2.06. The van der Waals surface area contributed by atoms with Crippen LogP contribution in [0.4, 0.5) is 0 Å². The molecule has 0 aliphatic heterocycles. The monoisotopic (exact) mass is 317 g/mol. The van der Waals surface area contributed by atoms with Crippen LogP contribution in [0.25, 0.3) is 10.2 Å². The number of hydrogen-bond acceptors (Lipinski definition) is 5. The SMILES string of the molecule is COc1cc(C(=O)c2cc3sccc3[nH]2)cc(OC)c1OC. The van der Waals surface area contributed by atoms with E-state index in [1.165, 1.54) is 21.3 Å². The number of rotatable bonds is 5. The number of nitrogens with one attached hydrogen (secondary N) is 1. The van der Waals surface area contributed by atoms with Crippen molar-refractivity contribution in [3.63, 3.8) is 0 Å². The summed E-state index contributed by atoms with van der Waals surface area (Å²) in [6.45, 7) is 0. The molecule has 0 spiro atoms. The van der Waals surface area contributed by atoms with Crippen LogP contribution in [0.5, 0.6) is 17.2 Å². The van der Waals surface area contributed by atoms with Crippen LogP contribution in [0.3, 0.4) is 0 Å². The Kier molecular flexibility index (Phi) is 3.77. The topological polar surface area (TPSA) is 60.6 Å². The first-order chi connectivity index (χ1) is 10.7. The highest BCUT2D eigenvalue weighted by Gasteiger charge is 2.19. The van der Waals surface area contributed by atoms with Gasteiger partial charge in [0.1, 0.15) is 0 Å². The van der Waals surface area contributed by atoms with Crippen LogP contribution in [0.1, 0.15) is 16.1 Å². The molecule has 0 atom stereocenters. The number of H-pyrrole nitrogens is 1. The molecule has 0 bridgehead atoms. The normalized spacial score (nSPS) is 10.7. The molecule has 6 heteroatoms. The number of fused-ring (bicyclic) bond motifs is 1. The van der Waals surface area contributed by atoms with Crippen LogP contribution in [0.15, 0.2) is 29.6 Å². The first-order valence-corrected chi connectivity index (χ1v) is 7.46. The van der Waals surface area contributed by atoms with Crippen LogP contribution >= 0.6 is 11.3 Å². The number of aromatic nitrogens is 1. The van der Waals surface area contributed by atoms with E-state index >= 15 is 0 Å². The minimum Gasteiger partial charge on any atom is -0.493 e. The first-order valence-electron chi connectivity index (χ1n) is 6.59. The quantitative estimate of drug-likeness (QED) is 0.732. The van der Waals surface area contributed by atoms with Gasteiger partial charge in [0.15, 0.2) is 11.5 Å². The van der Waals surface area contributed by atoms with Crippen molar-refractivity contribution in [2.45, 2.75) is 0 Å². The Morgan fingerprint density at radius 1 is 1.05 bits per heavy atom. The smallest absolute Gasteiger partial charge is 0.209 e.